The molecule has 1 aromatic carbocycles. The number of hydrogen-bond acceptors (Lipinski definition) is 4. The fraction of sp³-hybridized carbons (Fsp3) is 0.438. The zero-order chi connectivity index (χ0) is 16.8. The summed E-state index contributed by atoms with van der Waals surface area (Å²) in [5.74, 6) is 1.14. The van der Waals surface area contributed by atoms with Crippen LogP contribution in [0.5, 0.6) is 0 Å². The van der Waals surface area contributed by atoms with Gasteiger partial charge in [-0.1, -0.05) is 30.3 Å². The Morgan fingerprint density at radius 1 is 1.30 bits per heavy atom. The molecule has 2 aromatic rings. The van der Waals surface area contributed by atoms with E-state index >= 15 is 0 Å². The lowest BCUT2D eigenvalue weighted by Gasteiger charge is -2.11. The zero-order valence-electron chi connectivity index (χ0n) is 13.5. The van der Waals surface area contributed by atoms with E-state index < -0.39 is 0 Å². The molecule has 0 spiro atoms. The molecule has 1 N–H and O–H groups in total. The number of aromatic nitrogens is 3. The van der Waals surface area contributed by atoms with Gasteiger partial charge in [0, 0.05) is 23.2 Å². The van der Waals surface area contributed by atoms with Gasteiger partial charge in [-0.2, -0.15) is 0 Å². The fourth-order valence-electron chi connectivity index (χ4n) is 2.04. The van der Waals surface area contributed by atoms with Crippen LogP contribution in [0.25, 0.3) is 11.4 Å². The van der Waals surface area contributed by atoms with Crippen molar-refractivity contribution in [2.75, 3.05) is 5.75 Å². The normalized spacial score (nSPS) is 12.2. The van der Waals surface area contributed by atoms with E-state index in [1.54, 1.807) is 0 Å². The van der Waals surface area contributed by atoms with E-state index in [1.165, 1.54) is 11.8 Å². The predicted molar refractivity (Wildman–Crippen MR) is 94.8 cm³/mol. The van der Waals surface area contributed by atoms with Gasteiger partial charge in [0.2, 0.25) is 5.91 Å². The topological polar surface area (TPSA) is 59.8 Å². The molecule has 0 saturated carbocycles. The highest BCUT2D eigenvalue weighted by molar-refractivity contribution is 7.99. The summed E-state index contributed by atoms with van der Waals surface area (Å²) >= 11 is 7.33. The molecule has 2 rings (SSSR count). The molecule has 1 aromatic heterocycles. The summed E-state index contributed by atoms with van der Waals surface area (Å²) in [6, 6.07) is 7.69. The summed E-state index contributed by atoms with van der Waals surface area (Å²) in [6.45, 7) is 6.81. The Hall–Kier alpha value is -1.53. The SMILES string of the molecule is CCC(C)NC(=O)CSc1nnc(-c2ccc(Cl)cc2)n1CC. The van der Waals surface area contributed by atoms with Crippen molar-refractivity contribution in [3.05, 3.63) is 29.3 Å². The van der Waals surface area contributed by atoms with Crippen LogP contribution in [-0.2, 0) is 11.3 Å². The van der Waals surface area contributed by atoms with E-state index in [0.29, 0.717) is 10.8 Å². The molecule has 0 saturated heterocycles. The highest BCUT2D eigenvalue weighted by Crippen LogP contribution is 2.24. The molecule has 124 valence electrons. The summed E-state index contributed by atoms with van der Waals surface area (Å²) < 4.78 is 2.00. The van der Waals surface area contributed by atoms with Gasteiger partial charge in [-0.05, 0) is 44.5 Å². The molecule has 5 nitrogen and oxygen atoms in total. The summed E-state index contributed by atoms with van der Waals surface area (Å²) in [6.07, 6.45) is 0.919. The van der Waals surface area contributed by atoms with E-state index in [-0.39, 0.29) is 11.9 Å². The second-order valence-electron chi connectivity index (χ2n) is 5.22. The average molecular weight is 353 g/mol. The lowest BCUT2D eigenvalue weighted by atomic mass is 10.2. The minimum absolute atomic E-state index is 0.0167. The van der Waals surface area contributed by atoms with Crippen LogP contribution in [0.3, 0.4) is 0 Å². The number of halogens is 1. The second-order valence-corrected chi connectivity index (χ2v) is 6.60. The predicted octanol–water partition coefficient (Wildman–Crippen LogP) is 3.63. The Balaban J connectivity index is 2.09. The van der Waals surface area contributed by atoms with Gasteiger partial charge in [-0.15, -0.1) is 10.2 Å². The molecule has 0 radical (unpaired) electrons. The van der Waals surface area contributed by atoms with Crippen LogP contribution in [0.4, 0.5) is 0 Å². The molecular formula is C16H21ClN4OS. The molecule has 0 fully saturated rings. The molecule has 1 unspecified atom stereocenters. The maximum Gasteiger partial charge on any atom is 0.230 e. The maximum absolute atomic E-state index is 11.9. The minimum atomic E-state index is 0.0167. The standard InChI is InChI=1S/C16H21ClN4OS/c1-4-11(3)18-14(22)10-23-16-20-19-15(21(16)5-2)12-6-8-13(17)9-7-12/h6-9,11H,4-5,10H2,1-3H3,(H,18,22). The monoisotopic (exact) mass is 352 g/mol. The second kappa shape index (κ2) is 8.36. The Morgan fingerprint density at radius 3 is 2.61 bits per heavy atom. The molecule has 0 aliphatic carbocycles. The van der Waals surface area contributed by atoms with Gasteiger partial charge in [0.1, 0.15) is 0 Å². The van der Waals surface area contributed by atoms with Gasteiger partial charge < -0.3 is 9.88 Å². The first-order valence-corrected chi connectivity index (χ1v) is 9.02. The van der Waals surface area contributed by atoms with Crippen LogP contribution in [0.1, 0.15) is 27.2 Å². The van der Waals surface area contributed by atoms with Crippen LogP contribution in [0.15, 0.2) is 29.4 Å². The smallest absolute Gasteiger partial charge is 0.230 e. The number of nitrogens with zero attached hydrogens (tertiary/aromatic N) is 3. The van der Waals surface area contributed by atoms with Gasteiger partial charge in [-0.25, -0.2) is 0 Å². The van der Waals surface area contributed by atoms with E-state index in [1.807, 2.05) is 49.6 Å². The average Bonchev–Trinajstić information content (AvgIpc) is 2.96. The lowest BCUT2D eigenvalue weighted by Crippen LogP contribution is -2.33. The molecule has 23 heavy (non-hydrogen) atoms. The lowest BCUT2D eigenvalue weighted by molar-refractivity contribution is -0.119. The van der Waals surface area contributed by atoms with Crippen LogP contribution in [0, 0.1) is 0 Å². The van der Waals surface area contributed by atoms with Crippen molar-refractivity contribution < 1.29 is 4.79 Å². The molecular weight excluding hydrogens is 332 g/mol. The van der Waals surface area contributed by atoms with Gasteiger partial charge in [0.15, 0.2) is 11.0 Å². The fourth-order valence-corrected chi connectivity index (χ4v) is 2.98. The molecule has 1 heterocycles. The van der Waals surface area contributed by atoms with Gasteiger partial charge >= 0.3 is 0 Å². The minimum Gasteiger partial charge on any atom is -0.353 e. The first-order chi connectivity index (χ1) is 11.0. The third-order valence-electron chi connectivity index (χ3n) is 3.49. The Bertz CT molecular complexity index is 657. The van der Waals surface area contributed by atoms with Gasteiger partial charge in [-0.3, -0.25) is 4.79 Å². The van der Waals surface area contributed by atoms with Crippen molar-refractivity contribution in [3.63, 3.8) is 0 Å². The van der Waals surface area contributed by atoms with Crippen LogP contribution < -0.4 is 5.32 Å². The third-order valence-corrected chi connectivity index (χ3v) is 4.71. The van der Waals surface area contributed by atoms with Crippen molar-refractivity contribution in [1.29, 1.82) is 0 Å². The molecule has 0 aliphatic rings. The van der Waals surface area contributed by atoms with E-state index in [9.17, 15) is 4.79 Å². The number of carbonyl (C=O) groups excluding carboxylic acids is 1. The van der Waals surface area contributed by atoms with E-state index in [2.05, 4.69) is 15.5 Å². The zero-order valence-corrected chi connectivity index (χ0v) is 15.1. The van der Waals surface area contributed by atoms with Crippen LogP contribution >= 0.6 is 23.4 Å². The number of benzene rings is 1. The largest absolute Gasteiger partial charge is 0.353 e. The number of thioether (sulfide) groups is 1. The van der Waals surface area contributed by atoms with Crippen LogP contribution in [0.2, 0.25) is 5.02 Å². The number of hydrogen-bond donors (Lipinski definition) is 1. The molecule has 1 atom stereocenters. The highest BCUT2D eigenvalue weighted by atomic mass is 35.5. The summed E-state index contributed by atoms with van der Waals surface area (Å²) in [5, 5.41) is 12.9. The van der Waals surface area contributed by atoms with Crippen molar-refractivity contribution in [2.45, 2.75) is 44.9 Å². The number of rotatable bonds is 7. The van der Waals surface area contributed by atoms with Gasteiger partial charge in [0.25, 0.3) is 0 Å². The van der Waals surface area contributed by atoms with E-state index in [4.69, 9.17) is 11.6 Å². The van der Waals surface area contributed by atoms with Crippen molar-refractivity contribution in [3.8, 4) is 11.4 Å². The Morgan fingerprint density at radius 2 is 2.00 bits per heavy atom. The first-order valence-electron chi connectivity index (χ1n) is 7.66. The van der Waals surface area contributed by atoms with Crippen molar-refractivity contribution in [2.24, 2.45) is 0 Å². The highest BCUT2D eigenvalue weighted by Gasteiger charge is 2.15. The van der Waals surface area contributed by atoms with E-state index in [0.717, 1.165) is 29.5 Å². The van der Waals surface area contributed by atoms with Gasteiger partial charge in [0.05, 0.1) is 5.75 Å². The molecule has 0 aliphatic heterocycles. The number of carbonyl (C=O) groups is 1. The Kier molecular flexibility index (Phi) is 6.47. The van der Waals surface area contributed by atoms with Crippen molar-refractivity contribution in [1.82, 2.24) is 20.1 Å². The number of nitrogens with one attached hydrogen (secondary N) is 1. The maximum atomic E-state index is 11.9. The molecule has 7 heteroatoms. The number of amides is 1. The van der Waals surface area contributed by atoms with Crippen molar-refractivity contribution >= 4 is 29.3 Å². The summed E-state index contributed by atoms with van der Waals surface area (Å²) in [5.41, 5.74) is 0.958. The molecule has 0 bridgehead atoms. The third kappa shape index (κ3) is 4.72. The molecule has 1 amide bonds. The first kappa shape index (κ1) is 17.8. The summed E-state index contributed by atoms with van der Waals surface area (Å²) in [7, 11) is 0. The Labute approximate surface area is 145 Å². The quantitative estimate of drug-likeness (QED) is 0.773. The summed E-state index contributed by atoms with van der Waals surface area (Å²) in [4.78, 5) is 11.9. The van der Waals surface area contributed by atoms with Crippen LogP contribution in [-0.4, -0.2) is 32.5 Å².